The number of aldehydes is 1. The number of carbonyl (C=O) groups excluding carboxylic acids is 2. The van der Waals surface area contributed by atoms with Gasteiger partial charge >= 0.3 is 5.97 Å². The highest BCUT2D eigenvalue weighted by Crippen LogP contribution is 1.94. The van der Waals surface area contributed by atoms with Crippen molar-refractivity contribution in [2.75, 3.05) is 7.11 Å². The summed E-state index contributed by atoms with van der Waals surface area (Å²) in [6, 6.07) is 0. The van der Waals surface area contributed by atoms with Gasteiger partial charge in [0.15, 0.2) is 6.29 Å². The van der Waals surface area contributed by atoms with Crippen molar-refractivity contribution in [3.8, 4) is 11.8 Å². The Balaban J connectivity index is 3.27. The largest absolute Gasteiger partial charge is 0.469 e. The van der Waals surface area contributed by atoms with E-state index in [1.807, 2.05) is 0 Å². The Morgan fingerprint density at radius 2 is 2.36 bits per heavy atom. The quantitative estimate of drug-likeness (QED) is 0.258. The second-order valence-corrected chi connectivity index (χ2v) is 1.87. The lowest BCUT2D eigenvalue weighted by Crippen LogP contribution is -1.98. The molecular formula is C8H10O3. The SMILES string of the molecule is COC(=O)CCCC#CC=O. The summed E-state index contributed by atoms with van der Waals surface area (Å²) >= 11 is 0. The highest BCUT2D eigenvalue weighted by Gasteiger charge is 1.96. The molecule has 0 aromatic rings. The Morgan fingerprint density at radius 3 is 2.91 bits per heavy atom. The lowest BCUT2D eigenvalue weighted by atomic mass is 10.2. The lowest BCUT2D eigenvalue weighted by Gasteiger charge is -1.93. The molecule has 0 N–H and O–H groups in total. The Kier molecular flexibility index (Phi) is 6.01. The maximum atomic E-state index is 10.5. The van der Waals surface area contributed by atoms with Crippen LogP contribution in [0.25, 0.3) is 0 Å². The minimum absolute atomic E-state index is 0.238. The second kappa shape index (κ2) is 6.81. The van der Waals surface area contributed by atoms with Crippen molar-refractivity contribution in [2.24, 2.45) is 0 Å². The van der Waals surface area contributed by atoms with Crippen molar-refractivity contribution in [1.82, 2.24) is 0 Å². The number of unbranched alkanes of at least 4 members (excludes halogenated alkanes) is 1. The van der Waals surface area contributed by atoms with Gasteiger partial charge in [0.25, 0.3) is 0 Å². The summed E-state index contributed by atoms with van der Waals surface area (Å²) < 4.78 is 4.40. The zero-order valence-corrected chi connectivity index (χ0v) is 6.42. The van der Waals surface area contributed by atoms with Crippen LogP contribution in [0, 0.1) is 11.8 Å². The maximum absolute atomic E-state index is 10.5. The van der Waals surface area contributed by atoms with Crippen molar-refractivity contribution in [1.29, 1.82) is 0 Å². The van der Waals surface area contributed by atoms with Crippen LogP contribution < -0.4 is 0 Å². The Hall–Kier alpha value is -1.30. The Bertz CT molecular complexity index is 185. The highest BCUT2D eigenvalue weighted by atomic mass is 16.5. The van der Waals surface area contributed by atoms with Crippen LogP contribution in [-0.4, -0.2) is 19.4 Å². The minimum atomic E-state index is -0.238. The molecule has 0 bridgehead atoms. The third kappa shape index (κ3) is 6.59. The van der Waals surface area contributed by atoms with E-state index >= 15 is 0 Å². The fraction of sp³-hybridized carbons (Fsp3) is 0.500. The van der Waals surface area contributed by atoms with Crippen LogP contribution in [0.5, 0.6) is 0 Å². The fourth-order valence-corrected chi connectivity index (χ4v) is 0.537. The van der Waals surface area contributed by atoms with Gasteiger partial charge in [-0.05, 0) is 12.3 Å². The number of hydrogen-bond donors (Lipinski definition) is 0. The molecule has 3 heteroatoms. The summed E-state index contributed by atoms with van der Waals surface area (Å²) in [6.07, 6.45) is 2.11. The van der Waals surface area contributed by atoms with Crippen molar-refractivity contribution in [2.45, 2.75) is 19.3 Å². The first-order chi connectivity index (χ1) is 5.31. The van der Waals surface area contributed by atoms with Crippen LogP contribution in [0.4, 0.5) is 0 Å². The molecular weight excluding hydrogens is 144 g/mol. The smallest absolute Gasteiger partial charge is 0.305 e. The molecule has 0 fully saturated rings. The van der Waals surface area contributed by atoms with Gasteiger partial charge in [0.2, 0.25) is 0 Å². The highest BCUT2D eigenvalue weighted by molar-refractivity contribution is 5.72. The first-order valence-corrected chi connectivity index (χ1v) is 3.30. The summed E-state index contributed by atoms with van der Waals surface area (Å²) in [5, 5.41) is 0. The predicted molar refractivity (Wildman–Crippen MR) is 39.7 cm³/mol. The van der Waals surface area contributed by atoms with Crippen LogP contribution >= 0.6 is 0 Å². The summed E-state index contributed by atoms with van der Waals surface area (Å²) in [5.41, 5.74) is 0. The average Bonchev–Trinajstić information content (AvgIpc) is 2.04. The van der Waals surface area contributed by atoms with Crippen molar-refractivity contribution >= 4 is 12.3 Å². The average molecular weight is 154 g/mol. The number of carbonyl (C=O) groups is 2. The molecule has 0 aliphatic heterocycles. The molecule has 0 aliphatic carbocycles. The van der Waals surface area contributed by atoms with Gasteiger partial charge in [-0.25, -0.2) is 0 Å². The van der Waals surface area contributed by atoms with Crippen LogP contribution in [0.1, 0.15) is 19.3 Å². The molecule has 3 nitrogen and oxygen atoms in total. The molecule has 0 spiro atoms. The van der Waals surface area contributed by atoms with Crippen molar-refractivity contribution < 1.29 is 14.3 Å². The van der Waals surface area contributed by atoms with Gasteiger partial charge in [0, 0.05) is 12.8 Å². The van der Waals surface area contributed by atoms with Gasteiger partial charge in [0.05, 0.1) is 7.11 Å². The van der Waals surface area contributed by atoms with E-state index in [2.05, 4.69) is 16.6 Å². The summed E-state index contributed by atoms with van der Waals surface area (Å²) in [4.78, 5) is 20.2. The van der Waals surface area contributed by atoms with E-state index in [9.17, 15) is 9.59 Å². The third-order valence-electron chi connectivity index (χ3n) is 1.07. The Labute approximate surface area is 65.7 Å². The zero-order valence-electron chi connectivity index (χ0n) is 6.42. The molecule has 0 unspecified atom stereocenters. The zero-order chi connectivity index (χ0) is 8.53. The van der Waals surface area contributed by atoms with E-state index < -0.39 is 0 Å². The molecule has 0 radical (unpaired) electrons. The molecule has 60 valence electrons. The maximum Gasteiger partial charge on any atom is 0.305 e. The molecule has 0 heterocycles. The molecule has 0 aromatic carbocycles. The van der Waals surface area contributed by atoms with Crippen LogP contribution in [0.3, 0.4) is 0 Å². The van der Waals surface area contributed by atoms with Gasteiger partial charge in [-0.2, -0.15) is 0 Å². The number of methoxy groups -OCH3 is 1. The lowest BCUT2D eigenvalue weighted by molar-refractivity contribution is -0.140. The van der Waals surface area contributed by atoms with Crippen LogP contribution in [0.2, 0.25) is 0 Å². The standard InChI is InChI=1S/C8H10O3/c1-11-8(10)6-4-2-3-5-7-9/h7H,2,4,6H2,1H3. The van der Waals surface area contributed by atoms with E-state index in [-0.39, 0.29) is 5.97 Å². The van der Waals surface area contributed by atoms with E-state index in [0.717, 1.165) is 0 Å². The Morgan fingerprint density at radius 1 is 1.64 bits per heavy atom. The summed E-state index contributed by atoms with van der Waals surface area (Å²) in [7, 11) is 1.35. The van der Waals surface area contributed by atoms with Gasteiger partial charge in [-0.15, -0.1) is 0 Å². The monoisotopic (exact) mass is 154 g/mol. The third-order valence-corrected chi connectivity index (χ3v) is 1.07. The van der Waals surface area contributed by atoms with E-state index in [0.29, 0.717) is 25.5 Å². The normalized spacial score (nSPS) is 7.73. The topological polar surface area (TPSA) is 43.4 Å². The summed E-state index contributed by atoms with van der Waals surface area (Å²) in [6.45, 7) is 0. The fourth-order valence-electron chi connectivity index (χ4n) is 0.537. The van der Waals surface area contributed by atoms with Crippen LogP contribution in [0.15, 0.2) is 0 Å². The summed E-state index contributed by atoms with van der Waals surface area (Å²) in [5.74, 6) is 4.61. The minimum Gasteiger partial charge on any atom is -0.469 e. The molecule has 0 atom stereocenters. The number of esters is 1. The second-order valence-electron chi connectivity index (χ2n) is 1.87. The predicted octanol–water partition coefficient (Wildman–Crippen LogP) is 0.532. The van der Waals surface area contributed by atoms with E-state index in [1.165, 1.54) is 7.11 Å². The number of rotatable bonds is 3. The molecule has 0 rings (SSSR count). The van der Waals surface area contributed by atoms with Gasteiger partial charge < -0.3 is 4.74 Å². The van der Waals surface area contributed by atoms with Crippen molar-refractivity contribution in [3.05, 3.63) is 0 Å². The number of ether oxygens (including phenoxy) is 1. The molecule has 0 aromatic heterocycles. The molecule has 0 aliphatic rings. The van der Waals surface area contributed by atoms with Crippen molar-refractivity contribution in [3.63, 3.8) is 0 Å². The van der Waals surface area contributed by atoms with Gasteiger partial charge in [-0.1, -0.05) is 5.92 Å². The van der Waals surface area contributed by atoms with Gasteiger partial charge in [0.1, 0.15) is 0 Å². The van der Waals surface area contributed by atoms with Crippen LogP contribution in [-0.2, 0) is 14.3 Å². The first-order valence-electron chi connectivity index (χ1n) is 3.30. The van der Waals surface area contributed by atoms with Gasteiger partial charge in [-0.3, -0.25) is 9.59 Å². The van der Waals surface area contributed by atoms with E-state index in [4.69, 9.17) is 0 Å². The molecule has 0 saturated heterocycles. The molecule has 11 heavy (non-hydrogen) atoms. The van der Waals surface area contributed by atoms with E-state index in [1.54, 1.807) is 0 Å². The first kappa shape index (κ1) is 9.70. The molecule has 0 saturated carbocycles. The molecule has 0 amide bonds. The number of hydrogen-bond acceptors (Lipinski definition) is 3.